The molecule has 1 amide bonds. The second-order valence-corrected chi connectivity index (χ2v) is 7.48. The molecule has 1 heterocycles. The van der Waals surface area contributed by atoms with Gasteiger partial charge in [0.15, 0.2) is 5.16 Å². The Balaban J connectivity index is 1.84. The Morgan fingerprint density at radius 3 is 2.86 bits per heavy atom. The van der Waals surface area contributed by atoms with Crippen molar-refractivity contribution in [3.8, 4) is 0 Å². The van der Waals surface area contributed by atoms with E-state index in [1.54, 1.807) is 6.33 Å². The molecule has 0 aromatic carbocycles. The maximum atomic E-state index is 12.1. The van der Waals surface area contributed by atoms with Crippen LogP contribution in [0.25, 0.3) is 0 Å². The Labute approximate surface area is 129 Å². The number of nitrogens with zero attached hydrogens (tertiary/aromatic N) is 3. The lowest BCUT2D eigenvalue weighted by molar-refractivity contribution is -0.120. The van der Waals surface area contributed by atoms with Crippen LogP contribution in [0.1, 0.15) is 46.1 Å². The van der Waals surface area contributed by atoms with E-state index in [0.717, 1.165) is 5.16 Å². The van der Waals surface area contributed by atoms with E-state index in [1.807, 2.05) is 4.57 Å². The Hall–Kier alpha value is -1.08. The highest BCUT2D eigenvalue weighted by Gasteiger charge is 2.28. The van der Waals surface area contributed by atoms with Gasteiger partial charge in [0.2, 0.25) is 5.91 Å². The van der Waals surface area contributed by atoms with E-state index in [1.165, 1.54) is 24.6 Å². The van der Waals surface area contributed by atoms with E-state index in [9.17, 15) is 4.79 Å². The summed E-state index contributed by atoms with van der Waals surface area (Å²) in [6.45, 7) is 6.25. The molecular weight excluding hydrogens is 288 g/mol. The highest BCUT2D eigenvalue weighted by atomic mass is 32.2. The number of hydrogen-bond donors (Lipinski definition) is 2. The van der Waals surface area contributed by atoms with E-state index in [-0.39, 0.29) is 24.0 Å². The molecule has 118 valence electrons. The average molecular weight is 312 g/mol. The number of nitrogens with one attached hydrogen (secondary N) is 1. The van der Waals surface area contributed by atoms with Gasteiger partial charge in [-0.15, -0.1) is 10.2 Å². The number of carbonyl (C=O) groups is 1. The molecule has 1 aromatic heterocycles. The molecule has 0 aliphatic heterocycles. The quantitative estimate of drug-likeness (QED) is 0.748. The number of thioether (sulfide) groups is 1. The van der Waals surface area contributed by atoms with Crippen LogP contribution in [0.15, 0.2) is 11.5 Å². The molecule has 7 heteroatoms. The molecule has 0 spiro atoms. The highest BCUT2D eigenvalue weighted by Crippen LogP contribution is 2.37. The fraction of sp³-hybridized carbons (Fsp3) is 0.786. The third kappa shape index (κ3) is 4.71. The third-order valence-electron chi connectivity index (χ3n) is 3.61. The van der Waals surface area contributed by atoms with Gasteiger partial charge >= 0.3 is 0 Å². The van der Waals surface area contributed by atoms with Gasteiger partial charge in [-0.2, -0.15) is 0 Å². The molecule has 0 bridgehead atoms. The van der Waals surface area contributed by atoms with E-state index in [0.29, 0.717) is 18.2 Å². The number of rotatable bonds is 7. The van der Waals surface area contributed by atoms with Gasteiger partial charge in [0, 0.05) is 18.7 Å². The Morgan fingerprint density at radius 1 is 1.57 bits per heavy atom. The van der Waals surface area contributed by atoms with Gasteiger partial charge in [0.1, 0.15) is 6.33 Å². The van der Waals surface area contributed by atoms with Crippen LogP contribution in [0.4, 0.5) is 0 Å². The summed E-state index contributed by atoms with van der Waals surface area (Å²) in [7, 11) is 0. The molecule has 0 saturated heterocycles. The molecule has 1 aliphatic carbocycles. The fourth-order valence-electron chi connectivity index (χ4n) is 2.16. The second kappa shape index (κ2) is 6.79. The fourth-order valence-corrected chi connectivity index (χ4v) is 2.95. The molecule has 21 heavy (non-hydrogen) atoms. The minimum absolute atomic E-state index is 0.0290. The lowest BCUT2D eigenvalue weighted by atomic mass is 9.85. The maximum Gasteiger partial charge on any atom is 0.230 e. The molecular formula is C14H24N4O2S. The van der Waals surface area contributed by atoms with E-state index >= 15 is 0 Å². The van der Waals surface area contributed by atoms with Crippen LogP contribution in [-0.2, 0) is 4.79 Å². The van der Waals surface area contributed by atoms with Crippen LogP contribution in [0.3, 0.4) is 0 Å². The lowest BCUT2D eigenvalue weighted by Crippen LogP contribution is -2.45. The first kappa shape index (κ1) is 16.3. The van der Waals surface area contributed by atoms with Crippen LogP contribution in [0, 0.1) is 5.41 Å². The largest absolute Gasteiger partial charge is 0.396 e. The van der Waals surface area contributed by atoms with Crippen molar-refractivity contribution in [1.29, 1.82) is 0 Å². The average Bonchev–Trinajstić information content (AvgIpc) is 3.14. The zero-order valence-electron chi connectivity index (χ0n) is 12.9. The molecule has 1 aromatic rings. The van der Waals surface area contributed by atoms with Crippen molar-refractivity contribution in [3.63, 3.8) is 0 Å². The van der Waals surface area contributed by atoms with Gasteiger partial charge in [-0.3, -0.25) is 4.79 Å². The van der Waals surface area contributed by atoms with Crippen LogP contribution in [-0.4, -0.2) is 44.2 Å². The van der Waals surface area contributed by atoms with E-state index in [2.05, 4.69) is 36.3 Å². The number of hydrogen-bond acceptors (Lipinski definition) is 5. The van der Waals surface area contributed by atoms with Crippen molar-refractivity contribution in [2.75, 3.05) is 12.4 Å². The first-order valence-electron chi connectivity index (χ1n) is 7.34. The highest BCUT2D eigenvalue weighted by molar-refractivity contribution is 7.99. The van der Waals surface area contributed by atoms with Crippen LogP contribution in [0.2, 0.25) is 0 Å². The Bertz CT molecular complexity index is 480. The standard InChI is InChI=1S/C14H24N4O2S/c1-14(2,3)11(6-7-19)16-12(20)8-21-13-17-15-9-18(13)10-4-5-10/h9-11,19H,4-8H2,1-3H3,(H,16,20). The number of amides is 1. The summed E-state index contributed by atoms with van der Waals surface area (Å²) in [5.41, 5.74) is -0.0723. The topological polar surface area (TPSA) is 80.0 Å². The van der Waals surface area contributed by atoms with Crippen molar-refractivity contribution in [3.05, 3.63) is 6.33 Å². The number of aliphatic hydroxyl groups is 1. The van der Waals surface area contributed by atoms with Crippen molar-refractivity contribution in [1.82, 2.24) is 20.1 Å². The van der Waals surface area contributed by atoms with Gasteiger partial charge in [0.25, 0.3) is 0 Å². The van der Waals surface area contributed by atoms with Crippen molar-refractivity contribution < 1.29 is 9.90 Å². The number of aromatic nitrogens is 3. The smallest absolute Gasteiger partial charge is 0.230 e. The summed E-state index contributed by atoms with van der Waals surface area (Å²) >= 11 is 1.42. The monoisotopic (exact) mass is 312 g/mol. The van der Waals surface area contributed by atoms with Gasteiger partial charge in [0.05, 0.1) is 5.75 Å². The van der Waals surface area contributed by atoms with E-state index < -0.39 is 0 Å². The van der Waals surface area contributed by atoms with Crippen LogP contribution >= 0.6 is 11.8 Å². The minimum Gasteiger partial charge on any atom is -0.396 e. The summed E-state index contributed by atoms with van der Waals surface area (Å²) in [6.07, 6.45) is 4.64. The lowest BCUT2D eigenvalue weighted by Gasteiger charge is -2.31. The van der Waals surface area contributed by atoms with Gasteiger partial charge in [-0.05, 0) is 24.7 Å². The van der Waals surface area contributed by atoms with Crippen molar-refractivity contribution in [2.45, 2.75) is 57.3 Å². The van der Waals surface area contributed by atoms with Crippen LogP contribution in [0.5, 0.6) is 0 Å². The van der Waals surface area contributed by atoms with Gasteiger partial charge < -0.3 is 15.0 Å². The third-order valence-corrected chi connectivity index (χ3v) is 4.57. The molecule has 1 saturated carbocycles. The van der Waals surface area contributed by atoms with Crippen molar-refractivity contribution in [2.24, 2.45) is 5.41 Å². The predicted molar refractivity (Wildman–Crippen MR) is 82.1 cm³/mol. The minimum atomic E-state index is -0.0723. The normalized spacial score (nSPS) is 16.8. The number of aliphatic hydroxyl groups excluding tert-OH is 1. The van der Waals surface area contributed by atoms with Crippen LogP contribution < -0.4 is 5.32 Å². The van der Waals surface area contributed by atoms with Crippen molar-refractivity contribution >= 4 is 17.7 Å². The molecule has 1 unspecified atom stereocenters. The summed E-state index contributed by atoms with van der Waals surface area (Å²) in [4.78, 5) is 12.1. The number of carbonyl (C=O) groups excluding carboxylic acids is 1. The van der Waals surface area contributed by atoms with Gasteiger partial charge in [-0.25, -0.2) is 0 Å². The van der Waals surface area contributed by atoms with E-state index in [4.69, 9.17) is 5.11 Å². The summed E-state index contributed by atoms with van der Waals surface area (Å²) in [5, 5.41) is 20.9. The zero-order valence-corrected chi connectivity index (χ0v) is 13.7. The molecule has 1 aliphatic rings. The Morgan fingerprint density at radius 2 is 2.29 bits per heavy atom. The first-order chi connectivity index (χ1) is 9.91. The molecule has 0 radical (unpaired) electrons. The maximum absolute atomic E-state index is 12.1. The molecule has 2 N–H and O–H groups in total. The summed E-state index contributed by atoms with van der Waals surface area (Å²) in [6, 6.07) is 0.485. The zero-order chi connectivity index (χ0) is 15.5. The first-order valence-corrected chi connectivity index (χ1v) is 8.33. The van der Waals surface area contributed by atoms with Gasteiger partial charge in [-0.1, -0.05) is 32.5 Å². The molecule has 1 atom stereocenters. The summed E-state index contributed by atoms with van der Waals surface area (Å²) < 4.78 is 2.05. The molecule has 6 nitrogen and oxygen atoms in total. The summed E-state index contributed by atoms with van der Waals surface area (Å²) in [5.74, 6) is 0.294. The molecule has 2 rings (SSSR count). The predicted octanol–water partition coefficient (Wildman–Crippen LogP) is 1.62. The second-order valence-electron chi connectivity index (χ2n) is 6.54. The molecule has 1 fully saturated rings. The SMILES string of the molecule is CC(C)(C)C(CCO)NC(=O)CSc1nncn1C1CC1. The Kier molecular flexibility index (Phi) is 5.27.